The van der Waals surface area contributed by atoms with Crippen molar-refractivity contribution in [1.82, 2.24) is 0 Å². The third-order valence-corrected chi connectivity index (χ3v) is 3.04. The van der Waals surface area contributed by atoms with Gasteiger partial charge in [0.1, 0.15) is 11.5 Å². The Morgan fingerprint density at radius 3 is 2.71 bits per heavy atom. The summed E-state index contributed by atoms with van der Waals surface area (Å²) in [6, 6.07) is 10.8. The fourth-order valence-corrected chi connectivity index (χ4v) is 1.85. The van der Waals surface area contributed by atoms with Crippen LogP contribution in [0.3, 0.4) is 0 Å². The number of aryl methyl sites for hydroxylation is 1. The van der Waals surface area contributed by atoms with Gasteiger partial charge >= 0.3 is 0 Å². The molecule has 0 spiro atoms. The van der Waals surface area contributed by atoms with E-state index in [1.807, 2.05) is 6.07 Å². The first kappa shape index (κ1) is 14.5. The van der Waals surface area contributed by atoms with Crippen molar-refractivity contribution < 1.29 is 9.31 Å². The Labute approximate surface area is 120 Å². The first-order chi connectivity index (χ1) is 10.0. The zero-order valence-corrected chi connectivity index (χ0v) is 11.3. The lowest BCUT2D eigenvalue weighted by atomic mass is 10.1. The van der Waals surface area contributed by atoms with Gasteiger partial charge in [0.15, 0.2) is 0 Å². The lowest BCUT2D eigenvalue weighted by molar-refractivity contribution is -0.384. The molecule has 0 aliphatic rings. The molecule has 0 saturated carbocycles. The summed E-state index contributed by atoms with van der Waals surface area (Å²) in [7, 11) is 0. The van der Waals surface area contributed by atoms with Crippen LogP contribution in [0.15, 0.2) is 36.4 Å². The highest BCUT2D eigenvalue weighted by atomic mass is 19.1. The van der Waals surface area contributed by atoms with Crippen molar-refractivity contribution in [3.63, 3.8) is 0 Å². The topological polar surface area (TPSA) is 79.0 Å². The van der Waals surface area contributed by atoms with E-state index in [1.165, 1.54) is 24.3 Å². The van der Waals surface area contributed by atoms with E-state index in [0.29, 0.717) is 16.7 Å². The molecule has 0 fully saturated rings. The largest absolute Gasteiger partial charge is 0.375 e. The molecule has 0 saturated heterocycles. The van der Waals surface area contributed by atoms with Crippen LogP contribution in [0.1, 0.15) is 16.7 Å². The highest BCUT2D eigenvalue weighted by molar-refractivity contribution is 5.64. The number of benzene rings is 2. The van der Waals surface area contributed by atoms with E-state index in [9.17, 15) is 14.5 Å². The molecule has 1 N–H and O–H groups in total. The number of hydrogen-bond donors (Lipinski definition) is 1. The number of hydrogen-bond acceptors (Lipinski definition) is 4. The maximum atomic E-state index is 13.5. The second-order valence-corrected chi connectivity index (χ2v) is 4.54. The fraction of sp³-hybridized carbons (Fsp3) is 0.133. The summed E-state index contributed by atoms with van der Waals surface area (Å²) in [6.45, 7) is 1.89. The molecule has 0 aliphatic carbocycles. The number of nitro benzene ring substituents is 1. The molecule has 106 valence electrons. The highest BCUT2D eigenvalue weighted by Gasteiger charge is 2.14. The molecule has 0 bridgehead atoms. The van der Waals surface area contributed by atoms with Gasteiger partial charge < -0.3 is 5.32 Å². The molecule has 0 heterocycles. The second-order valence-electron chi connectivity index (χ2n) is 4.54. The Hall–Kier alpha value is -2.94. The number of halogens is 1. The molecular formula is C15H12FN3O2. The molecule has 2 aromatic rings. The number of nitrogens with zero attached hydrogens (tertiary/aromatic N) is 2. The Morgan fingerprint density at radius 2 is 2.10 bits per heavy atom. The van der Waals surface area contributed by atoms with Crippen molar-refractivity contribution in [3.05, 3.63) is 69.0 Å². The number of nitro groups is 1. The average Bonchev–Trinajstić information content (AvgIpc) is 2.48. The van der Waals surface area contributed by atoms with Crippen molar-refractivity contribution in [2.45, 2.75) is 13.5 Å². The molecule has 0 radical (unpaired) electrons. The molecule has 21 heavy (non-hydrogen) atoms. The SMILES string of the molecule is Cc1ccc(CNc2cc(C#N)ccc2[N+](=O)[O-])cc1F. The monoisotopic (exact) mass is 285 g/mol. The fourth-order valence-electron chi connectivity index (χ4n) is 1.85. The van der Waals surface area contributed by atoms with Crippen molar-refractivity contribution in [3.8, 4) is 6.07 Å². The van der Waals surface area contributed by atoms with Gasteiger partial charge in [0.2, 0.25) is 0 Å². The van der Waals surface area contributed by atoms with Gasteiger partial charge in [-0.05, 0) is 36.2 Å². The van der Waals surface area contributed by atoms with Gasteiger partial charge in [0.05, 0.1) is 16.6 Å². The third-order valence-electron chi connectivity index (χ3n) is 3.04. The standard InChI is InChI=1S/C15H12FN3O2/c1-10-2-3-12(6-13(10)16)9-18-14-7-11(8-17)4-5-15(14)19(20)21/h2-7,18H,9H2,1H3. The first-order valence-corrected chi connectivity index (χ1v) is 6.18. The minimum atomic E-state index is -0.529. The van der Waals surface area contributed by atoms with E-state index in [2.05, 4.69) is 5.32 Å². The predicted octanol–water partition coefficient (Wildman–Crippen LogP) is 3.53. The summed E-state index contributed by atoms with van der Waals surface area (Å²) >= 11 is 0. The summed E-state index contributed by atoms with van der Waals surface area (Å²) in [5.74, 6) is -0.324. The van der Waals surface area contributed by atoms with Crippen LogP contribution in [-0.4, -0.2) is 4.92 Å². The molecule has 2 aromatic carbocycles. The quantitative estimate of drug-likeness (QED) is 0.688. The molecular weight excluding hydrogens is 273 g/mol. The van der Waals surface area contributed by atoms with E-state index in [-0.39, 0.29) is 23.7 Å². The highest BCUT2D eigenvalue weighted by Crippen LogP contribution is 2.26. The van der Waals surface area contributed by atoms with E-state index >= 15 is 0 Å². The average molecular weight is 285 g/mol. The maximum Gasteiger partial charge on any atom is 0.292 e. The normalized spacial score (nSPS) is 9.95. The van der Waals surface area contributed by atoms with Crippen LogP contribution in [0.2, 0.25) is 0 Å². The lowest BCUT2D eigenvalue weighted by Gasteiger charge is -2.08. The molecule has 0 atom stereocenters. The number of nitrogens with one attached hydrogen (secondary N) is 1. The van der Waals surface area contributed by atoms with Crippen LogP contribution in [0.25, 0.3) is 0 Å². The van der Waals surface area contributed by atoms with Crippen molar-refractivity contribution in [2.24, 2.45) is 0 Å². The van der Waals surface area contributed by atoms with Gasteiger partial charge in [0.25, 0.3) is 5.69 Å². The van der Waals surface area contributed by atoms with E-state index in [1.54, 1.807) is 19.1 Å². The maximum absolute atomic E-state index is 13.5. The molecule has 2 rings (SSSR count). The summed E-state index contributed by atoms with van der Waals surface area (Å²) in [4.78, 5) is 10.4. The van der Waals surface area contributed by atoms with Crippen molar-refractivity contribution >= 4 is 11.4 Å². The van der Waals surface area contributed by atoms with Gasteiger partial charge in [0, 0.05) is 12.6 Å². The van der Waals surface area contributed by atoms with Crippen LogP contribution in [-0.2, 0) is 6.54 Å². The molecule has 0 aliphatic heterocycles. The molecule has 5 nitrogen and oxygen atoms in total. The predicted molar refractivity (Wildman–Crippen MR) is 76.3 cm³/mol. The van der Waals surface area contributed by atoms with Crippen LogP contribution >= 0.6 is 0 Å². The van der Waals surface area contributed by atoms with E-state index < -0.39 is 4.92 Å². The molecule has 0 amide bonds. The van der Waals surface area contributed by atoms with Gasteiger partial charge in [-0.1, -0.05) is 12.1 Å². The summed E-state index contributed by atoms with van der Waals surface area (Å²) in [6.07, 6.45) is 0. The third kappa shape index (κ3) is 3.34. The van der Waals surface area contributed by atoms with Gasteiger partial charge in [-0.25, -0.2) is 4.39 Å². The van der Waals surface area contributed by atoms with Crippen LogP contribution in [0.4, 0.5) is 15.8 Å². The molecule has 0 aromatic heterocycles. The first-order valence-electron chi connectivity index (χ1n) is 6.18. The molecule has 6 heteroatoms. The van der Waals surface area contributed by atoms with E-state index in [4.69, 9.17) is 5.26 Å². The van der Waals surface area contributed by atoms with Gasteiger partial charge in [-0.3, -0.25) is 10.1 Å². The second kappa shape index (κ2) is 6.01. The Kier molecular flexibility index (Phi) is 4.14. The summed E-state index contributed by atoms with van der Waals surface area (Å²) < 4.78 is 13.5. The smallest absolute Gasteiger partial charge is 0.292 e. The van der Waals surface area contributed by atoms with Gasteiger partial charge in [-0.15, -0.1) is 0 Å². The molecule has 0 unspecified atom stereocenters. The summed E-state index contributed by atoms with van der Waals surface area (Å²) in [5, 5.41) is 22.7. The summed E-state index contributed by atoms with van der Waals surface area (Å²) in [5.41, 5.74) is 1.63. The lowest BCUT2D eigenvalue weighted by Crippen LogP contribution is -2.03. The van der Waals surface area contributed by atoms with Crippen LogP contribution in [0, 0.1) is 34.2 Å². The van der Waals surface area contributed by atoms with Crippen molar-refractivity contribution in [2.75, 3.05) is 5.32 Å². The van der Waals surface area contributed by atoms with Gasteiger partial charge in [-0.2, -0.15) is 5.26 Å². The zero-order chi connectivity index (χ0) is 15.4. The van der Waals surface area contributed by atoms with Crippen LogP contribution in [0.5, 0.6) is 0 Å². The minimum Gasteiger partial charge on any atom is -0.375 e. The Balaban J connectivity index is 2.24. The number of nitriles is 1. The minimum absolute atomic E-state index is 0.124. The zero-order valence-electron chi connectivity index (χ0n) is 11.3. The van der Waals surface area contributed by atoms with Crippen molar-refractivity contribution in [1.29, 1.82) is 5.26 Å². The Morgan fingerprint density at radius 1 is 1.33 bits per heavy atom. The Bertz CT molecular complexity index is 738. The van der Waals surface area contributed by atoms with Crippen LogP contribution < -0.4 is 5.32 Å². The van der Waals surface area contributed by atoms with E-state index in [0.717, 1.165) is 0 Å². The number of anilines is 1. The number of rotatable bonds is 4.